The van der Waals surface area contributed by atoms with Crippen LogP contribution in [0.5, 0.6) is 11.6 Å². The van der Waals surface area contributed by atoms with Crippen molar-refractivity contribution in [2.24, 2.45) is 0 Å². The molecule has 198 valence electrons. The molecule has 1 unspecified atom stereocenters. The molecule has 0 radical (unpaired) electrons. The SMILES string of the molecule is COc1cnc2c(-c3nc4c(Cl)cc5c(c4s3)CC(OC(=O)N(C)c3ccc(C)nc3)O5)cc(CO)cc2n1. The number of pyridine rings is 1. The Bertz CT molecular complexity index is 1740. The molecule has 1 amide bonds. The summed E-state index contributed by atoms with van der Waals surface area (Å²) < 4.78 is 17.6. The minimum absolute atomic E-state index is 0.170. The van der Waals surface area contributed by atoms with E-state index in [4.69, 9.17) is 30.8 Å². The van der Waals surface area contributed by atoms with Gasteiger partial charge in [-0.2, -0.15) is 0 Å². The maximum Gasteiger partial charge on any atom is 0.417 e. The molecule has 5 aromatic rings. The van der Waals surface area contributed by atoms with E-state index < -0.39 is 12.4 Å². The van der Waals surface area contributed by atoms with E-state index in [0.717, 1.165) is 16.0 Å². The number of aliphatic hydroxyl groups excluding tert-OH is 1. The van der Waals surface area contributed by atoms with Crippen LogP contribution >= 0.6 is 22.9 Å². The van der Waals surface area contributed by atoms with Gasteiger partial charge in [-0.15, -0.1) is 11.3 Å². The van der Waals surface area contributed by atoms with Gasteiger partial charge >= 0.3 is 6.09 Å². The molecule has 6 rings (SSSR count). The highest BCUT2D eigenvalue weighted by atomic mass is 35.5. The summed E-state index contributed by atoms with van der Waals surface area (Å²) in [7, 11) is 3.14. The normalized spacial score (nSPS) is 14.3. The number of carbonyl (C=O) groups is 1. The van der Waals surface area contributed by atoms with Crippen molar-refractivity contribution in [2.75, 3.05) is 19.1 Å². The first kappa shape index (κ1) is 25.2. The summed E-state index contributed by atoms with van der Waals surface area (Å²) in [5.41, 5.74) is 5.50. The van der Waals surface area contributed by atoms with E-state index in [1.165, 1.54) is 23.3 Å². The van der Waals surface area contributed by atoms with Crippen LogP contribution < -0.4 is 14.4 Å². The fourth-order valence-electron chi connectivity index (χ4n) is 4.37. The Morgan fingerprint density at radius 1 is 1.21 bits per heavy atom. The number of benzene rings is 2. The van der Waals surface area contributed by atoms with Crippen molar-refractivity contribution in [3.8, 4) is 22.2 Å². The molecule has 12 heteroatoms. The zero-order valence-corrected chi connectivity index (χ0v) is 22.7. The number of carbonyl (C=O) groups excluding carboxylic acids is 1. The zero-order chi connectivity index (χ0) is 27.3. The molecule has 1 aliphatic heterocycles. The molecule has 0 aliphatic carbocycles. The van der Waals surface area contributed by atoms with Crippen molar-refractivity contribution in [3.63, 3.8) is 0 Å². The van der Waals surface area contributed by atoms with E-state index in [-0.39, 0.29) is 6.61 Å². The van der Waals surface area contributed by atoms with Crippen molar-refractivity contribution in [3.05, 3.63) is 64.6 Å². The van der Waals surface area contributed by atoms with E-state index in [1.807, 2.05) is 19.1 Å². The van der Waals surface area contributed by atoms with Gasteiger partial charge in [0.25, 0.3) is 0 Å². The van der Waals surface area contributed by atoms with Gasteiger partial charge in [-0.1, -0.05) is 11.6 Å². The zero-order valence-electron chi connectivity index (χ0n) is 21.1. The van der Waals surface area contributed by atoms with Crippen LogP contribution in [0.3, 0.4) is 0 Å². The van der Waals surface area contributed by atoms with Crippen molar-refractivity contribution < 1.29 is 24.1 Å². The number of nitrogens with zero attached hydrogens (tertiary/aromatic N) is 5. The van der Waals surface area contributed by atoms with E-state index in [2.05, 4.69) is 15.0 Å². The quantitative estimate of drug-likeness (QED) is 0.304. The van der Waals surface area contributed by atoms with Gasteiger partial charge in [-0.05, 0) is 36.8 Å². The summed E-state index contributed by atoms with van der Waals surface area (Å²) in [4.78, 5) is 32.2. The lowest BCUT2D eigenvalue weighted by Crippen LogP contribution is -2.32. The van der Waals surface area contributed by atoms with Crippen molar-refractivity contribution in [2.45, 2.75) is 26.2 Å². The molecule has 0 spiro atoms. The number of fused-ring (bicyclic) bond motifs is 4. The molecule has 3 aromatic heterocycles. The molecule has 0 bridgehead atoms. The molecule has 0 saturated heterocycles. The number of methoxy groups -OCH3 is 1. The van der Waals surface area contributed by atoms with Crippen LogP contribution in [0.2, 0.25) is 5.02 Å². The third kappa shape index (κ3) is 4.58. The predicted molar refractivity (Wildman–Crippen MR) is 148 cm³/mol. The summed E-state index contributed by atoms with van der Waals surface area (Å²) in [6, 6.07) is 8.92. The predicted octanol–water partition coefficient (Wildman–Crippen LogP) is 5.30. The fourth-order valence-corrected chi connectivity index (χ4v) is 5.82. The average Bonchev–Trinajstić information content (AvgIpc) is 3.56. The number of aliphatic hydroxyl groups is 1. The van der Waals surface area contributed by atoms with Crippen LogP contribution in [0.1, 0.15) is 16.8 Å². The smallest absolute Gasteiger partial charge is 0.417 e. The largest absolute Gasteiger partial charge is 0.480 e. The molecule has 1 atom stereocenters. The highest BCUT2D eigenvalue weighted by Gasteiger charge is 2.32. The van der Waals surface area contributed by atoms with Gasteiger partial charge in [0.15, 0.2) is 0 Å². The lowest BCUT2D eigenvalue weighted by atomic mass is 10.1. The maximum absolute atomic E-state index is 12.8. The van der Waals surface area contributed by atoms with Crippen LogP contribution in [0.25, 0.3) is 31.8 Å². The van der Waals surface area contributed by atoms with Gasteiger partial charge in [0.1, 0.15) is 16.3 Å². The van der Waals surface area contributed by atoms with E-state index >= 15 is 0 Å². The molecule has 0 fully saturated rings. The van der Waals surface area contributed by atoms with Crippen LogP contribution in [0.4, 0.5) is 10.5 Å². The Balaban J connectivity index is 1.33. The summed E-state index contributed by atoms with van der Waals surface area (Å²) in [6.45, 7) is 1.70. The second-order valence-electron chi connectivity index (χ2n) is 8.97. The maximum atomic E-state index is 12.8. The van der Waals surface area contributed by atoms with Crippen LogP contribution in [0, 0.1) is 6.92 Å². The summed E-state index contributed by atoms with van der Waals surface area (Å²) in [6.07, 6.45) is 2.10. The second kappa shape index (κ2) is 9.92. The number of amides is 1. The number of aromatic nitrogens is 4. The Morgan fingerprint density at radius 3 is 2.79 bits per heavy atom. The molecule has 1 N–H and O–H groups in total. The fraction of sp³-hybridized carbons (Fsp3) is 0.222. The highest BCUT2D eigenvalue weighted by molar-refractivity contribution is 7.22. The molecule has 0 saturated carbocycles. The van der Waals surface area contributed by atoms with E-state index in [1.54, 1.807) is 37.6 Å². The Morgan fingerprint density at radius 2 is 2.05 bits per heavy atom. The third-order valence-corrected chi connectivity index (χ3v) is 7.84. The van der Waals surface area contributed by atoms with E-state index in [9.17, 15) is 9.90 Å². The van der Waals surface area contributed by atoms with Gasteiger partial charge < -0.3 is 19.3 Å². The standard InChI is InChI=1S/C27H22ClN5O5S/c1-13-4-5-15(10-29-13)33(2)27(35)38-22-8-16-20(37-22)9-18(28)24-25(16)39-26(32-24)17-6-14(12-34)7-19-23(17)30-11-21(31-19)36-3/h4-7,9-11,22,34H,8,12H2,1-3H3. The minimum atomic E-state index is -0.822. The van der Waals surface area contributed by atoms with Gasteiger partial charge in [-0.3, -0.25) is 9.88 Å². The first-order valence-electron chi connectivity index (χ1n) is 11.9. The number of hydrogen-bond acceptors (Lipinski definition) is 10. The topological polar surface area (TPSA) is 120 Å². The Kier molecular flexibility index (Phi) is 6.42. The summed E-state index contributed by atoms with van der Waals surface area (Å²) >= 11 is 8.04. The first-order chi connectivity index (χ1) is 18.8. The third-order valence-electron chi connectivity index (χ3n) is 6.41. The van der Waals surface area contributed by atoms with Gasteiger partial charge in [-0.25, -0.2) is 19.7 Å². The molecule has 1 aliphatic rings. The van der Waals surface area contributed by atoms with Crippen molar-refractivity contribution >= 4 is 56.0 Å². The number of rotatable bonds is 5. The number of aryl methyl sites for hydroxylation is 1. The first-order valence-corrected chi connectivity index (χ1v) is 13.1. The average molecular weight is 564 g/mol. The summed E-state index contributed by atoms with van der Waals surface area (Å²) in [5, 5.41) is 10.9. The number of halogens is 1. The summed E-state index contributed by atoms with van der Waals surface area (Å²) in [5.74, 6) is 0.911. The number of anilines is 1. The number of thiazole rings is 1. The van der Waals surface area contributed by atoms with Crippen molar-refractivity contribution in [1.29, 1.82) is 0 Å². The Hall–Kier alpha value is -4.06. The second-order valence-corrected chi connectivity index (χ2v) is 10.4. The molecule has 2 aromatic carbocycles. The van der Waals surface area contributed by atoms with Crippen LogP contribution in [0.15, 0.2) is 42.7 Å². The van der Waals surface area contributed by atoms with Crippen LogP contribution in [-0.4, -0.2) is 51.6 Å². The molecular formula is C27H22ClN5O5S. The van der Waals surface area contributed by atoms with Gasteiger partial charge in [0.2, 0.25) is 12.2 Å². The molecule has 39 heavy (non-hydrogen) atoms. The number of hydrogen-bond donors (Lipinski definition) is 1. The minimum Gasteiger partial charge on any atom is -0.480 e. The van der Waals surface area contributed by atoms with Crippen LogP contribution in [-0.2, 0) is 17.8 Å². The monoisotopic (exact) mass is 563 g/mol. The lowest BCUT2D eigenvalue weighted by Gasteiger charge is -2.19. The van der Waals surface area contributed by atoms with Gasteiger partial charge in [0.05, 0.1) is 59.0 Å². The molecule has 4 heterocycles. The number of ether oxygens (including phenoxy) is 3. The van der Waals surface area contributed by atoms with Gasteiger partial charge in [0, 0.05) is 29.9 Å². The molecular weight excluding hydrogens is 542 g/mol. The Labute approximate surface area is 231 Å². The lowest BCUT2D eigenvalue weighted by molar-refractivity contribution is -0.0127. The van der Waals surface area contributed by atoms with E-state index in [0.29, 0.717) is 61.4 Å². The van der Waals surface area contributed by atoms with Crippen molar-refractivity contribution in [1.82, 2.24) is 19.9 Å². The molecule has 10 nitrogen and oxygen atoms in total. The highest BCUT2D eigenvalue weighted by Crippen LogP contribution is 2.45.